The summed E-state index contributed by atoms with van der Waals surface area (Å²) in [7, 11) is 0. The molecule has 1 aromatic heterocycles. The first-order valence-electron chi connectivity index (χ1n) is 12.2. The van der Waals surface area contributed by atoms with E-state index in [4.69, 9.17) is 4.74 Å². The molecule has 0 bridgehead atoms. The van der Waals surface area contributed by atoms with E-state index in [0.717, 1.165) is 22.2 Å². The van der Waals surface area contributed by atoms with Gasteiger partial charge < -0.3 is 15.2 Å². The van der Waals surface area contributed by atoms with E-state index in [1.807, 2.05) is 55.5 Å². The minimum Gasteiger partial charge on any atom is -0.480 e. The summed E-state index contributed by atoms with van der Waals surface area (Å²) in [6.45, 7) is 8.49. The Morgan fingerprint density at radius 3 is 2.42 bits per heavy atom. The Bertz CT molecular complexity index is 1330. The fraction of sp³-hybridized carbons (Fsp3) is 0.300. The SMILES string of the molecule is CCc1nc(C(=O)NC(C(=O)O)[C@@H]2C=CC=CC2)cc2ccc(Oc3ccc(C(C)(C)C)cc3)cc12. The lowest BCUT2D eigenvalue weighted by atomic mass is 9.87. The number of carbonyl (C=O) groups excluding carboxylic acids is 1. The number of amides is 1. The molecule has 2 N–H and O–H groups in total. The lowest BCUT2D eigenvalue weighted by molar-refractivity contribution is -0.140. The summed E-state index contributed by atoms with van der Waals surface area (Å²) in [6, 6.07) is 14.4. The Balaban J connectivity index is 1.57. The predicted molar refractivity (Wildman–Crippen MR) is 142 cm³/mol. The van der Waals surface area contributed by atoms with Gasteiger partial charge in [-0.15, -0.1) is 0 Å². The van der Waals surface area contributed by atoms with E-state index in [-0.39, 0.29) is 17.0 Å². The molecule has 0 spiro atoms. The van der Waals surface area contributed by atoms with Gasteiger partial charge in [0.15, 0.2) is 0 Å². The highest BCUT2D eigenvalue weighted by molar-refractivity contribution is 5.99. The number of aromatic nitrogens is 1. The third-order valence-corrected chi connectivity index (χ3v) is 6.40. The Hall–Kier alpha value is -3.93. The van der Waals surface area contributed by atoms with Crippen molar-refractivity contribution in [2.45, 2.75) is 52.0 Å². The number of nitrogens with zero attached hydrogens (tertiary/aromatic N) is 1. The van der Waals surface area contributed by atoms with Gasteiger partial charge in [0.2, 0.25) is 0 Å². The van der Waals surface area contributed by atoms with Crippen LogP contribution in [0.15, 0.2) is 72.8 Å². The topological polar surface area (TPSA) is 88.5 Å². The third kappa shape index (κ3) is 5.65. The van der Waals surface area contributed by atoms with Crippen LogP contribution in [0.25, 0.3) is 10.8 Å². The van der Waals surface area contributed by atoms with Crippen molar-refractivity contribution >= 4 is 22.6 Å². The zero-order valence-electron chi connectivity index (χ0n) is 21.1. The first-order valence-corrected chi connectivity index (χ1v) is 12.2. The van der Waals surface area contributed by atoms with Crippen molar-refractivity contribution in [2.75, 3.05) is 0 Å². The average Bonchev–Trinajstić information content (AvgIpc) is 2.86. The number of ether oxygens (including phenoxy) is 1. The number of hydrogen-bond donors (Lipinski definition) is 2. The zero-order chi connectivity index (χ0) is 25.9. The molecule has 0 saturated heterocycles. The maximum Gasteiger partial charge on any atom is 0.326 e. The number of nitrogens with one attached hydrogen (secondary N) is 1. The van der Waals surface area contributed by atoms with Gasteiger partial charge in [0.05, 0.1) is 0 Å². The Morgan fingerprint density at radius 1 is 1.08 bits per heavy atom. The highest BCUT2D eigenvalue weighted by Crippen LogP contribution is 2.30. The molecule has 1 amide bonds. The number of carboxylic acids is 1. The molecule has 0 fully saturated rings. The van der Waals surface area contributed by atoms with Crippen LogP contribution < -0.4 is 10.1 Å². The van der Waals surface area contributed by atoms with Gasteiger partial charge in [-0.2, -0.15) is 0 Å². The van der Waals surface area contributed by atoms with E-state index < -0.39 is 17.9 Å². The molecule has 0 radical (unpaired) electrons. The Kier molecular flexibility index (Phi) is 7.25. The van der Waals surface area contributed by atoms with Crippen LogP contribution in [0.2, 0.25) is 0 Å². The normalized spacial score (nSPS) is 16.1. The maximum atomic E-state index is 13.0. The van der Waals surface area contributed by atoms with E-state index in [1.54, 1.807) is 12.1 Å². The van der Waals surface area contributed by atoms with Crippen LogP contribution in [0.4, 0.5) is 0 Å². The van der Waals surface area contributed by atoms with E-state index in [0.29, 0.717) is 18.6 Å². The minimum absolute atomic E-state index is 0.0712. The lowest BCUT2D eigenvalue weighted by Crippen LogP contribution is -2.45. The van der Waals surface area contributed by atoms with Gasteiger partial charge in [-0.05, 0) is 59.5 Å². The van der Waals surface area contributed by atoms with E-state index in [2.05, 4.69) is 43.2 Å². The first kappa shape index (κ1) is 25.2. The van der Waals surface area contributed by atoms with Gasteiger partial charge in [0.25, 0.3) is 5.91 Å². The summed E-state index contributed by atoms with van der Waals surface area (Å²) in [5.74, 6) is -0.443. The summed E-state index contributed by atoms with van der Waals surface area (Å²) >= 11 is 0. The number of fused-ring (bicyclic) bond motifs is 1. The molecule has 2 atom stereocenters. The van der Waals surface area contributed by atoms with Crippen LogP contribution in [0, 0.1) is 5.92 Å². The zero-order valence-corrected chi connectivity index (χ0v) is 21.1. The largest absolute Gasteiger partial charge is 0.480 e. The van der Waals surface area contributed by atoms with Gasteiger partial charge in [0.1, 0.15) is 23.2 Å². The summed E-state index contributed by atoms with van der Waals surface area (Å²) in [6.07, 6.45) is 8.55. The monoisotopic (exact) mass is 484 g/mol. The molecule has 2 aromatic carbocycles. The molecule has 1 heterocycles. The van der Waals surface area contributed by atoms with Gasteiger partial charge >= 0.3 is 5.97 Å². The number of carbonyl (C=O) groups is 2. The molecule has 1 aliphatic carbocycles. The highest BCUT2D eigenvalue weighted by Gasteiger charge is 2.29. The standard InChI is InChI=1S/C30H32N2O4/c1-5-25-24-18-23(36-22-15-12-21(13-16-22)30(2,3)4)14-11-20(24)17-26(31-25)28(33)32-27(29(34)35)19-9-7-6-8-10-19/h6-9,11-19,27H,5,10H2,1-4H3,(H,32,33)(H,34,35)/t19-,27?/m1/s1. The van der Waals surface area contributed by atoms with Crippen molar-refractivity contribution in [3.05, 3.63) is 89.8 Å². The molecule has 6 nitrogen and oxygen atoms in total. The number of rotatable bonds is 7. The van der Waals surface area contributed by atoms with Crippen molar-refractivity contribution in [3.8, 4) is 11.5 Å². The molecule has 6 heteroatoms. The number of aliphatic carboxylic acids is 1. The van der Waals surface area contributed by atoms with Gasteiger partial charge in [-0.3, -0.25) is 4.79 Å². The van der Waals surface area contributed by atoms with Crippen LogP contribution in [0.1, 0.15) is 55.9 Å². The Labute approximate surface area is 211 Å². The molecule has 0 saturated carbocycles. The minimum atomic E-state index is -1.07. The van der Waals surface area contributed by atoms with E-state index in [1.165, 1.54) is 5.56 Å². The summed E-state index contributed by atoms with van der Waals surface area (Å²) < 4.78 is 6.09. The number of allylic oxidation sites excluding steroid dienone is 3. The number of pyridine rings is 1. The molecule has 3 aromatic rings. The van der Waals surface area contributed by atoms with Crippen LogP contribution in [-0.2, 0) is 16.6 Å². The van der Waals surface area contributed by atoms with Crippen LogP contribution in [0.5, 0.6) is 11.5 Å². The molecule has 4 rings (SSSR count). The van der Waals surface area contributed by atoms with Gasteiger partial charge in [-0.25, -0.2) is 9.78 Å². The smallest absolute Gasteiger partial charge is 0.326 e. The second-order valence-electron chi connectivity index (χ2n) is 10.1. The third-order valence-electron chi connectivity index (χ3n) is 6.40. The van der Waals surface area contributed by atoms with E-state index >= 15 is 0 Å². The molecule has 1 aliphatic rings. The van der Waals surface area contributed by atoms with Crippen LogP contribution in [-0.4, -0.2) is 28.0 Å². The summed E-state index contributed by atoms with van der Waals surface area (Å²) in [5.41, 5.74) is 2.26. The molecule has 36 heavy (non-hydrogen) atoms. The van der Waals surface area contributed by atoms with Crippen molar-refractivity contribution in [2.24, 2.45) is 5.92 Å². The van der Waals surface area contributed by atoms with Crippen molar-refractivity contribution in [1.29, 1.82) is 0 Å². The Morgan fingerprint density at radius 2 is 1.81 bits per heavy atom. The molecule has 0 aliphatic heterocycles. The van der Waals surface area contributed by atoms with Crippen molar-refractivity contribution in [3.63, 3.8) is 0 Å². The second kappa shape index (κ2) is 10.4. The fourth-order valence-electron chi connectivity index (χ4n) is 4.32. The molecule has 186 valence electrons. The van der Waals surface area contributed by atoms with Crippen LogP contribution in [0.3, 0.4) is 0 Å². The van der Waals surface area contributed by atoms with Crippen molar-refractivity contribution < 1.29 is 19.4 Å². The van der Waals surface area contributed by atoms with Crippen LogP contribution >= 0.6 is 0 Å². The second-order valence-corrected chi connectivity index (χ2v) is 10.1. The summed E-state index contributed by atoms with van der Waals surface area (Å²) in [4.78, 5) is 29.4. The molecule has 1 unspecified atom stereocenters. The van der Waals surface area contributed by atoms with Crippen molar-refractivity contribution in [1.82, 2.24) is 10.3 Å². The fourth-order valence-corrected chi connectivity index (χ4v) is 4.32. The number of hydrogen-bond acceptors (Lipinski definition) is 4. The predicted octanol–water partition coefficient (Wildman–Crippen LogP) is 6.20. The number of aryl methyl sites for hydroxylation is 1. The van der Waals surface area contributed by atoms with Gasteiger partial charge in [-0.1, -0.05) is 70.2 Å². The summed E-state index contributed by atoms with van der Waals surface area (Å²) in [5, 5.41) is 14.1. The average molecular weight is 485 g/mol. The molecular formula is C30H32N2O4. The highest BCUT2D eigenvalue weighted by atomic mass is 16.5. The quantitative estimate of drug-likeness (QED) is 0.417. The van der Waals surface area contributed by atoms with Gasteiger partial charge in [0, 0.05) is 17.0 Å². The van der Waals surface area contributed by atoms with E-state index in [9.17, 15) is 14.7 Å². The number of benzene rings is 2. The number of carboxylic acid groups (broad SMARTS) is 1. The maximum absolute atomic E-state index is 13.0. The molecular weight excluding hydrogens is 452 g/mol. The first-order chi connectivity index (χ1) is 17.2. The lowest BCUT2D eigenvalue weighted by Gasteiger charge is -2.22.